The van der Waals surface area contributed by atoms with Crippen LogP contribution < -0.4 is 4.74 Å². The molecule has 0 aliphatic carbocycles. The number of ether oxygens (including phenoxy) is 1. The first-order valence-corrected chi connectivity index (χ1v) is 8.13. The van der Waals surface area contributed by atoms with E-state index >= 15 is 0 Å². The molecular weight excluding hydrogens is 365 g/mol. The molecule has 142 valence electrons. The molecule has 7 nitrogen and oxygen atoms in total. The number of aromatic nitrogens is 2. The van der Waals surface area contributed by atoms with E-state index in [1.165, 1.54) is 15.8 Å². The summed E-state index contributed by atoms with van der Waals surface area (Å²) in [6.45, 7) is 0.265. The van der Waals surface area contributed by atoms with Gasteiger partial charge in [0.25, 0.3) is 0 Å². The highest BCUT2D eigenvalue weighted by atomic mass is 19.2. The summed E-state index contributed by atoms with van der Waals surface area (Å²) in [5.41, 5.74) is 0.446. The van der Waals surface area contributed by atoms with Gasteiger partial charge in [-0.25, -0.2) is 13.6 Å². The molecule has 0 radical (unpaired) electrons. The van der Waals surface area contributed by atoms with Gasteiger partial charge in [-0.2, -0.15) is 14.8 Å². The number of benzene rings is 1. The van der Waals surface area contributed by atoms with Crippen LogP contribution in [-0.4, -0.2) is 39.0 Å². The number of halogens is 3. The van der Waals surface area contributed by atoms with Gasteiger partial charge >= 0.3 is 6.09 Å². The van der Waals surface area contributed by atoms with Gasteiger partial charge in [0.2, 0.25) is 5.82 Å². The van der Waals surface area contributed by atoms with Crippen LogP contribution in [0.5, 0.6) is 5.75 Å². The number of rotatable bonds is 4. The predicted molar refractivity (Wildman–Crippen MR) is 85.5 cm³/mol. The summed E-state index contributed by atoms with van der Waals surface area (Å²) in [5, 5.41) is 22.6. The third-order valence-corrected chi connectivity index (χ3v) is 4.43. The smallest absolute Gasteiger partial charge is 0.407 e. The van der Waals surface area contributed by atoms with Crippen LogP contribution >= 0.6 is 0 Å². The van der Waals surface area contributed by atoms with Crippen LogP contribution in [0.3, 0.4) is 0 Å². The summed E-state index contributed by atoms with van der Waals surface area (Å²) < 4.78 is 47.1. The van der Waals surface area contributed by atoms with Crippen LogP contribution in [0, 0.1) is 28.8 Å². The van der Waals surface area contributed by atoms with E-state index in [-0.39, 0.29) is 18.3 Å². The maximum absolute atomic E-state index is 13.7. The SMILES string of the molecule is N#Cc1c(COc2c(F)ccc(F)c2F)cnn1C1CCN(C(=O)O)CC1. The molecule has 1 aliphatic rings. The quantitative estimate of drug-likeness (QED) is 0.823. The Morgan fingerprint density at radius 2 is 1.96 bits per heavy atom. The van der Waals surface area contributed by atoms with Gasteiger partial charge in [0, 0.05) is 18.7 Å². The monoisotopic (exact) mass is 380 g/mol. The normalized spacial score (nSPS) is 14.8. The number of hydrogen-bond donors (Lipinski definition) is 1. The molecule has 0 saturated carbocycles. The molecule has 1 saturated heterocycles. The molecule has 10 heteroatoms. The van der Waals surface area contributed by atoms with Crippen molar-refractivity contribution in [1.82, 2.24) is 14.7 Å². The molecule has 2 aromatic rings. The van der Waals surface area contributed by atoms with Crippen LogP contribution in [0.25, 0.3) is 0 Å². The molecule has 1 amide bonds. The van der Waals surface area contributed by atoms with Gasteiger partial charge in [-0.1, -0.05) is 0 Å². The van der Waals surface area contributed by atoms with Crippen molar-refractivity contribution < 1.29 is 27.8 Å². The number of hydrogen-bond acceptors (Lipinski definition) is 4. The van der Waals surface area contributed by atoms with Crippen molar-refractivity contribution in [2.75, 3.05) is 13.1 Å². The standard InChI is InChI=1S/C17H15F3N4O3/c18-12-1-2-13(19)16(15(12)20)27-9-10-8-22-24(14(10)7-21)11-3-5-23(6-4-11)17(25)26/h1-2,8,11H,3-6,9H2,(H,25,26). The van der Waals surface area contributed by atoms with Crippen LogP contribution in [0.15, 0.2) is 18.3 Å². The van der Waals surface area contributed by atoms with Crippen molar-refractivity contribution in [2.45, 2.75) is 25.5 Å². The summed E-state index contributed by atoms with van der Waals surface area (Å²) in [7, 11) is 0. The second-order valence-corrected chi connectivity index (χ2v) is 6.04. The van der Waals surface area contributed by atoms with E-state index in [9.17, 15) is 23.2 Å². The summed E-state index contributed by atoms with van der Waals surface area (Å²) in [5.74, 6) is -4.60. The number of nitrogens with zero attached hydrogens (tertiary/aromatic N) is 4. The van der Waals surface area contributed by atoms with E-state index in [4.69, 9.17) is 9.84 Å². The van der Waals surface area contributed by atoms with E-state index in [1.807, 2.05) is 6.07 Å². The lowest BCUT2D eigenvalue weighted by Gasteiger charge is -2.30. The topological polar surface area (TPSA) is 91.4 Å². The molecule has 27 heavy (non-hydrogen) atoms. The summed E-state index contributed by atoms with van der Waals surface area (Å²) in [6, 6.07) is 3.21. The first-order chi connectivity index (χ1) is 12.9. The minimum absolute atomic E-state index is 0.154. The Bertz CT molecular complexity index is 902. The first-order valence-electron chi connectivity index (χ1n) is 8.13. The van der Waals surface area contributed by atoms with Gasteiger partial charge in [-0.05, 0) is 25.0 Å². The Hall–Kier alpha value is -3.22. The van der Waals surface area contributed by atoms with E-state index in [2.05, 4.69) is 5.10 Å². The maximum Gasteiger partial charge on any atom is 0.407 e. The number of carbonyl (C=O) groups is 1. The fraction of sp³-hybridized carbons (Fsp3) is 0.353. The maximum atomic E-state index is 13.7. The third-order valence-electron chi connectivity index (χ3n) is 4.43. The summed E-state index contributed by atoms with van der Waals surface area (Å²) in [6.07, 6.45) is 1.31. The van der Waals surface area contributed by atoms with Crippen LogP contribution in [0.2, 0.25) is 0 Å². The first kappa shape index (κ1) is 18.6. The number of likely N-dealkylation sites (tertiary alicyclic amines) is 1. The van der Waals surface area contributed by atoms with Gasteiger partial charge in [0.05, 0.1) is 12.2 Å². The van der Waals surface area contributed by atoms with E-state index in [0.717, 1.165) is 6.07 Å². The lowest BCUT2D eigenvalue weighted by Crippen LogP contribution is -2.38. The van der Waals surface area contributed by atoms with Crippen molar-refractivity contribution in [3.63, 3.8) is 0 Å². The second-order valence-electron chi connectivity index (χ2n) is 6.04. The van der Waals surface area contributed by atoms with Crippen LogP contribution in [0.4, 0.5) is 18.0 Å². The molecule has 1 aromatic carbocycles. The fourth-order valence-corrected chi connectivity index (χ4v) is 3.00. The van der Waals surface area contributed by atoms with E-state index in [0.29, 0.717) is 37.6 Å². The molecule has 0 atom stereocenters. The van der Waals surface area contributed by atoms with Gasteiger partial charge in [-0.15, -0.1) is 0 Å². The molecule has 1 fully saturated rings. The Kier molecular flexibility index (Phi) is 5.21. The van der Waals surface area contributed by atoms with Gasteiger partial charge in [-0.3, -0.25) is 4.68 Å². The molecule has 2 heterocycles. The third kappa shape index (κ3) is 3.67. The number of amides is 1. The fourth-order valence-electron chi connectivity index (χ4n) is 3.00. The molecule has 1 aliphatic heterocycles. The molecule has 0 bridgehead atoms. The van der Waals surface area contributed by atoms with Crippen molar-refractivity contribution in [1.29, 1.82) is 5.26 Å². The minimum atomic E-state index is -1.44. The predicted octanol–water partition coefficient (Wildman–Crippen LogP) is 3.07. The average molecular weight is 380 g/mol. The average Bonchev–Trinajstić information content (AvgIpc) is 3.07. The highest BCUT2D eigenvalue weighted by molar-refractivity contribution is 5.65. The summed E-state index contributed by atoms with van der Waals surface area (Å²) >= 11 is 0. The molecular formula is C17H15F3N4O3. The molecule has 1 aromatic heterocycles. The highest BCUT2D eigenvalue weighted by Crippen LogP contribution is 2.27. The minimum Gasteiger partial charge on any atom is -0.483 e. The molecule has 1 N–H and O–H groups in total. The Labute approximate surface area is 152 Å². The lowest BCUT2D eigenvalue weighted by atomic mass is 10.1. The van der Waals surface area contributed by atoms with Crippen molar-refractivity contribution in [3.8, 4) is 11.8 Å². The van der Waals surface area contributed by atoms with E-state index < -0.39 is 29.3 Å². The zero-order valence-corrected chi connectivity index (χ0v) is 14.0. The zero-order chi connectivity index (χ0) is 19.6. The Balaban J connectivity index is 1.75. The van der Waals surface area contributed by atoms with Crippen LogP contribution in [-0.2, 0) is 6.61 Å². The lowest BCUT2D eigenvalue weighted by molar-refractivity contribution is 0.123. The van der Waals surface area contributed by atoms with Crippen molar-refractivity contribution >= 4 is 6.09 Å². The summed E-state index contributed by atoms with van der Waals surface area (Å²) in [4.78, 5) is 12.3. The highest BCUT2D eigenvalue weighted by Gasteiger charge is 2.26. The number of carboxylic acid groups (broad SMARTS) is 1. The van der Waals surface area contributed by atoms with Crippen molar-refractivity contribution in [3.05, 3.63) is 47.0 Å². The van der Waals surface area contributed by atoms with Crippen molar-refractivity contribution in [2.24, 2.45) is 0 Å². The zero-order valence-electron chi connectivity index (χ0n) is 14.0. The van der Waals surface area contributed by atoms with Gasteiger partial charge < -0.3 is 14.7 Å². The molecule has 0 unspecified atom stereocenters. The largest absolute Gasteiger partial charge is 0.483 e. The second kappa shape index (κ2) is 7.57. The Morgan fingerprint density at radius 3 is 2.59 bits per heavy atom. The van der Waals surface area contributed by atoms with Gasteiger partial charge in [0.15, 0.2) is 17.4 Å². The van der Waals surface area contributed by atoms with Gasteiger partial charge in [0.1, 0.15) is 18.4 Å². The van der Waals surface area contributed by atoms with Crippen LogP contribution in [0.1, 0.15) is 30.1 Å². The molecule has 0 spiro atoms. The Morgan fingerprint density at radius 1 is 1.30 bits per heavy atom. The number of nitriles is 1. The van der Waals surface area contributed by atoms with E-state index in [1.54, 1.807) is 0 Å². The molecule has 3 rings (SSSR count). The number of piperidine rings is 1.